The molecule has 3 rings (SSSR count). The van der Waals surface area contributed by atoms with Crippen molar-refractivity contribution in [2.24, 2.45) is 5.92 Å². The predicted octanol–water partition coefficient (Wildman–Crippen LogP) is 1.13. The van der Waals surface area contributed by atoms with Gasteiger partial charge in [0.25, 0.3) is 11.8 Å². The van der Waals surface area contributed by atoms with Crippen molar-refractivity contribution in [3.05, 3.63) is 36.0 Å². The number of rotatable bonds is 7. The molecule has 0 saturated heterocycles. The number of aliphatic hydroxyl groups is 1. The smallest absolute Gasteiger partial charge is 0.277 e. The number of ether oxygens (including phenoxy) is 1. The maximum absolute atomic E-state index is 12.0. The van der Waals surface area contributed by atoms with E-state index >= 15 is 0 Å². The highest BCUT2D eigenvalue weighted by molar-refractivity contribution is 6.17. The van der Waals surface area contributed by atoms with Crippen molar-refractivity contribution in [3.63, 3.8) is 0 Å². The highest BCUT2D eigenvalue weighted by Gasteiger charge is 2.30. The summed E-state index contributed by atoms with van der Waals surface area (Å²) in [5.74, 6) is 0.656. The third-order valence-corrected chi connectivity index (χ3v) is 3.65. The van der Waals surface area contributed by atoms with E-state index in [0.29, 0.717) is 11.6 Å². The van der Waals surface area contributed by atoms with Crippen LogP contribution in [0.4, 0.5) is 5.69 Å². The molecule has 1 aliphatic carbocycles. The van der Waals surface area contributed by atoms with Crippen LogP contribution in [0.15, 0.2) is 36.0 Å². The Morgan fingerprint density at radius 2 is 1.95 bits per heavy atom. The molecule has 6 heteroatoms. The highest BCUT2D eigenvalue weighted by atomic mass is 16.5. The summed E-state index contributed by atoms with van der Waals surface area (Å²) in [6, 6.07) is 7.26. The number of imide groups is 1. The standard InChI is InChI=1S/C16H18N2O4/c19-8-7-18-15(20)9-14(16(18)21)17-12-3-5-13(6-4-12)22-10-11-1-2-11/h3-6,9,11,17,19H,1-2,7-8,10H2. The number of benzene rings is 1. The summed E-state index contributed by atoms with van der Waals surface area (Å²) in [5, 5.41) is 11.8. The molecule has 2 N–H and O–H groups in total. The second-order valence-corrected chi connectivity index (χ2v) is 5.48. The number of nitrogens with one attached hydrogen (secondary N) is 1. The van der Waals surface area contributed by atoms with Crippen LogP contribution in [-0.4, -0.2) is 41.6 Å². The zero-order valence-corrected chi connectivity index (χ0v) is 12.1. The lowest BCUT2D eigenvalue weighted by molar-refractivity contribution is -0.137. The topological polar surface area (TPSA) is 78.9 Å². The molecule has 0 unspecified atom stereocenters. The van der Waals surface area contributed by atoms with Crippen LogP contribution in [0.3, 0.4) is 0 Å². The lowest BCUT2D eigenvalue weighted by atomic mass is 10.3. The predicted molar refractivity (Wildman–Crippen MR) is 80.2 cm³/mol. The van der Waals surface area contributed by atoms with Crippen molar-refractivity contribution in [3.8, 4) is 5.75 Å². The lowest BCUT2D eigenvalue weighted by Gasteiger charge is -2.13. The molecule has 116 valence electrons. The molecule has 1 aromatic rings. The van der Waals surface area contributed by atoms with Crippen LogP contribution in [0.2, 0.25) is 0 Å². The van der Waals surface area contributed by atoms with Crippen LogP contribution in [0.25, 0.3) is 0 Å². The quantitative estimate of drug-likeness (QED) is 0.738. The van der Waals surface area contributed by atoms with Gasteiger partial charge in [0, 0.05) is 11.8 Å². The molecule has 6 nitrogen and oxygen atoms in total. The average Bonchev–Trinajstić information content (AvgIpc) is 3.30. The number of nitrogens with zero attached hydrogens (tertiary/aromatic N) is 1. The number of hydrogen-bond acceptors (Lipinski definition) is 5. The second-order valence-electron chi connectivity index (χ2n) is 5.48. The maximum atomic E-state index is 12.0. The summed E-state index contributed by atoms with van der Waals surface area (Å²) in [6.45, 7) is 0.514. The monoisotopic (exact) mass is 302 g/mol. The van der Waals surface area contributed by atoms with Crippen molar-refractivity contribution in [2.75, 3.05) is 25.1 Å². The molecule has 1 aliphatic heterocycles. The average molecular weight is 302 g/mol. The van der Waals surface area contributed by atoms with E-state index in [1.54, 1.807) is 12.1 Å². The normalized spacial score (nSPS) is 17.7. The minimum absolute atomic E-state index is 0.00723. The Bertz CT molecular complexity index is 605. The van der Waals surface area contributed by atoms with E-state index in [4.69, 9.17) is 9.84 Å². The van der Waals surface area contributed by atoms with Crippen LogP contribution in [0, 0.1) is 5.92 Å². The van der Waals surface area contributed by atoms with Crippen LogP contribution >= 0.6 is 0 Å². The number of hydrogen-bond donors (Lipinski definition) is 2. The van der Waals surface area contributed by atoms with Gasteiger partial charge in [0.05, 0.1) is 19.8 Å². The Balaban J connectivity index is 1.59. The molecule has 1 heterocycles. The van der Waals surface area contributed by atoms with Crippen LogP contribution < -0.4 is 10.1 Å². The van der Waals surface area contributed by atoms with Gasteiger partial charge in [0.2, 0.25) is 0 Å². The number of β-amino-alcohol motifs (C(OH)–C–C–N with tert-alkyl or cyclic N) is 1. The van der Waals surface area contributed by atoms with E-state index in [9.17, 15) is 9.59 Å². The molecule has 22 heavy (non-hydrogen) atoms. The van der Waals surface area contributed by atoms with Crippen molar-refractivity contribution in [2.45, 2.75) is 12.8 Å². The summed E-state index contributed by atoms with van der Waals surface area (Å²) < 4.78 is 5.64. The zero-order chi connectivity index (χ0) is 15.5. The SMILES string of the molecule is O=C1C=C(Nc2ccc(OCC3CC3)cc2)C(=O)N1CCO. The Morgan fingerprint density at radius 1 is 1.23 bits per heavy atom. The Morgan fingerprint density at radius 3 is 2.59 bits per heavy atom. The Kier molecular flexibility index (Phi) is 4.11. The van der Waals surface area contributed by atoms with E-state index in [0.717, 1.165) is 17.3 Å². The number of carbonyl (C=O) groups is 2. The molecule has 0 spiro atoms. The molecule has 2 amide bonds. The first kappa shape index (κ1) is 14.6. The van der Waals surface area contributed by atoms with Gasteiger partial charge in [-0.25, -0.2) is 0 Å². The summed E-state index contributed by atoms with van der Waals surface area (Å²) in [7, 11) is 0. The molecular formula is C16H18N2O4. The summed E-state index contributed by atoms with van der Waals surface area (Å²) >= 11 is 0. The largest absolute Gasteiger partial charge is 0.493 e. The molecule has 1 aromatic carbocycles. The van der Waals surface area contributed by atoms with E-state index in [1.165, 1.54) is 18.9 Å². The van der Waals surface area contributed by atoms with Crippen LogP contribution in [0.1, 0.15) is 12.8 Å². The third kappa shape index (κ3) is 3.28. The molecule has 1 fully saturated rings. The van der Waals surface area contributed by atoms with Crippen molar-refractivity contribution in [1.29, 1.82) is 0 Å². The summed E-state index contributed by atoms with van der Waals surface area (Å²) in [6.07, 6.45) is 3.73. The maximum Gasteiger partial charge on any atom is 0.277 e. The first-order valence-corrected chi connectivity index (χ1v) is 7.35. The minimum atomic E-state index is -0.423. The number of carbonyl (C=O) groups excluding carboxylic acids is 2. The molecule has 2 aliphatic rings. The van der Waals surface area contributed by atoms with E-state index in [2.05, 4.69) is 5.32 Å². The Hall–Kier alpha value is -2.34. The van der Waals surface area contributed by atoms with Gasteiger partial charge in [0.15, 0.2) is 0 Å². The fourth-order valence-electron chi connectivity index (χ4n) is 2.20. The molecule has 0 radical (unpaired) electrons. The van der Waals surface area contributed by atoms with Gasteiger partial charge in [-0.15, -0.1) is 0 Å². The van der Waals surface area contributed by atoms with Gasteiger partial charge in [-0.05, 0) is 43.0 Å². The van der Waals surface area contributed by atoms with E-state index in [-0.39, 0.29) is 18.8 Å². The Labute approximate surface area is 128 Å². The van der Waals surface area contributed by atoms with Gasteiger partial charge in [-0.1, -0.05) is 0 Å². The fraction of sp³-hybridized carbons (Fsp3) is 0.375. The molecule has 1 saturated carbocycles. The van der Waals surface area contributed by atoms with Gasteiger partial charge in [-0.2, -0.15) is 0 Å². The van der Waals surface area contributed by atoms with Crippen molar-refractivity contribution < 1.29 is 19.4 Å². The lowest BCUT2D eigenvalue weighted by Crippen LogP contribution is -2.34. The van der Waals surface area contributed by atoms with Crippen molar-refractivity contribution in [1.82, 2.24) is 4.90 Å². The fourth-order valence-corrected chi connectivity index (χ4v) is 2.20. The van der Waals surface area contributed by atoms with E-state index in [1.807, 2.05) is 12.1 Å². The summed E-state index contributed by atoms with van der Waals surface area (Å²) in [5.41, 5.74) is 0.919. The van der Waals surface area contributed by atoms with Crippen molar-refractivity contribution >= 4 is 17.5 Å². The van der Waals surface area contributed by atoms with Gasteiger partial charge >= 0.3 is 0 Å². The minimum Gasteiger partial charge on any atom is -0.493 e. The first-order chi connectivity index (χ1) is 10.7. The number of aliphatic hydroxyl groups excluding tert-OH is 1. The number of anilines is 1. The molecule has 0 atom stereocenters. The van der Waals surface area contributed by atoms with Crippen LogP contribution in [0.5, 0.6) is 5.75 Å². The summed E-state index contributed by atoms with van der Waals surface area (Å²) in [4.78, 5) is 24.7. The van der Waals surface area contributed by atoms with Gasteiger partial charge < -0.3 is 15.2 Å². The second kappa shape index (κ2) is 6.19. The van der Waals surface area contributed by atoms with Gasteiger partial charge in [-0.3, -0.25) is 14.5 Å². The van der Waals surface area contributed by atoms with Crippen LogP contribution in [-0.2, 0) is 9.59 Å². The molecular weight excluding hydrogens is 284 g/mol. The highest BCUT2D eigenvalue weighted by Crippen LogP contribution is 2.29. The van der Waals surface area contributed by atoms with Gasteiger partial charge in [0.1, 0.15) is 11.4 Å². The third-order valence-electron chi connectivity index (χ3n) is 3.65. The molecule has 0 bridgehead atoms. The molecule has 0 aromatic heterocycles. The number of amides is 2. The first-order valence-electron chi connectivity index (χ1n) is 7.35. The zero-order valence-electron chi connectivity index (χ0n) is 12.1. The van der Waals surface area contributed by atoms with E-state index < -0.39 is 11.8 Å².